The highest BCUT2D eigenvalue weighted by Gasteiger charge is 2.17. The zero-order chi connectivity index (χ0) is 14.5. The van der Waals surface area contributed by atoms with Crippen LogP contribution in [-0.2, 0) is 11.3 Å². The number of rotatable bonds is 4. The molecule has 0 radical (unpaired) electrons. The van der Waals surface area contributed by atoms with E-state index in [1.807, 2.05) is 30.3 Å². The quantitative estimate of drug-likeness (QED) is 0.917. The molecule has 0 atom stereocenters. The largest absolute Gasteiger partial charge is 0.472 e. The molecule has 0 amide bonds. The molecule has 2 heterocycles. The topological polar surface area (TPSA) is 73.5 Å². The summed E-state index contributed by atoms with van der Waals surface area (Å²) in [5.41, 5.74) is 7.00. The summed E-state index contributed by atoms with van der Waals surface area (Å²) >= 11 is 0. The van der Waals surface area contributed by atoms with Crippen LogP contribution in [-0.4, -0.2) is 36.3 Å². The van der Waals surface area contributed by atoms with E-state index in [0.29, 0.717) is 37.3 Å². The maximum Gasteiger partial charge on any atom is 0.234 e. The van der Waals surface area contributed by atoms with Crippen LogP contribution in [0, 0.1) is 0 Å². The maximum atomic E-state index is 5.92. The second kappa shape index (κ2) is 6.41. The van der Waals surface area contributed by atoms with Gasteiger partial charge in [0, 0.05) is 13.1 Å². The van der Waals surface area contributed by atoms with E-state index >= 15 is 0 Å². The van der Waals surface area contributed by atoms with E-state index in [2.05, 4.69) is 14.9 Å². The molecule has 2 N–H and O–H groups in total. The first kappa shape index (κ1) is 13.6. The summed E-state index contributed by atoms with van der Waals surface area (Å²) in [5.74, 6) is 1.57. The van der Waals surface area contributed by atoms with Crippen LogP contribution in [0.25, 0.3) is 0 Å². The molecule has 1 aromatic heterocycles. The van der Waals surface area contributed by atoms with Crippen molar-refractivity contribution in [3.05, 3.63) is 42.1 Å². The van der Waals surface area contributed by atoms with Gasteiger partial charge in [-0.3, -0.25) is 0 Å². The number of benzene rings is 1. The van der Waals surface area contributed by atoms with E-state index < -0.39 is 0 Å². The van der Waals surface area contributed by atoms with Gasteiger partial charge in [-0.15, -0.1) is 0 Å². The third-order valence-electron chi connectivity index (χ3n) is 3.30. The first-order valence-electron chi connectivity index (χ1n) is 6.95. The Morgan fingerprint density at radius 1 is 1.19 bits per heavy atom. The highest BCUT2D eigenvalue weighted by atomic mass is 16.5. The number of hydrogen-bond acceptors (Lipinski definition) is 6. The molecule has 0 saturated carbocycles. The number of ether oxygens (including phenoxy) is 2. The minimum Gasteiger partial charge on any atom is -0.472 e. The van der Waals surface area contributed by atoms with Crippen LogP contribution in [0.5, 0.6) is 5.88 Å². The van der Waals surface area contributed by atoms with Crippen LogP contribution in [0.3, 0.4) is 0 Å². The van der Waals surface area contributed by atoms with Gasteiger partial charge in [0.05, 0.1) is 19.4 Å². The predicted octanol–water partition coefficient (Wildman–Crippen LogP) is 1.47. The van der Waals surface area contributed by atoms with Crippen LogP contribution in [0.4, 0.5) is 11.6 Å². The Hall–Kier alpha value is -2.34. The molecule has 0 bridgehead atoms. The molecule has 1 aromatic carbocycles. The fraction of sp³-hybridized carbons (Fsp3) is 0.333. The second-order valence-electron chi connectivity index (χ2n) is 4.79. The standard InChI is InChI=1S/C15H18N4O2/c16-14-15(19-6-8-20-9-7-19)18-13(10-17-14)21-11-12-4-2-1-3-5-12/h1-5,10H,6-9,11H2,(H2,16,17). The molecule has 1 aliphatic rings. The van der Waals surface area contributed by atoms with Crippen LogP contribution < -0.4 is 15.4 Å². The van der Waals surface area contributed by atoms with Crippen LogP contribution in [0.15, 0.2) is 36.5 Å². The van der Waals surface area contributed by atoms with Gasteiger partial charge in [-0.25, -0.2) is 4.98 Å². The Morgan fingerprint density at radius 2 is 1.95 bits per heavy atom. The molecule has 0 spiro atoms. The molecule has 1 aliphatic heterocycles. The highest BCUT2D eigenvalue weighted by molar-refractivity contribution is 5.58. The van der Waals surface area contributed by atoms with Gasteiger partial charge in [0.1, 0.15) is 6.61 Å². The van der Waals surface area contributed by atoms with Gasteiger partial charge in [0.15, 0.2) is 11.6 Å². The molecule has 0 aliphatic carbocycles. The first-order valence-corrected chi connectivity index (χ1v) is 6.95. The van der Waals surface area contributed by atoms with Gasteiger partial charge in [-0.05, 0) is 5.56 Å². The van der Waals surface area contributed by atoms with Crippen molar-refractivity contribution in [2.24, 2.45) is 0 Å². The van der Waals surface area contributed by atoms with Crippen molar-refractivity contribution in [2.75, 3.05) is 36.9 Å². The number of nitrogen functional groups attached to an aromatic ring is 1. The summed E-state index contributed by atoms with van der Waals surface area (Å²) in [5, 5.41) is 0. The molecule has 6 nitrogen and oxygen atoms in total. The third kappa shape index (κ3) is 3.41. The van der Waals surface area contributed by atoms with Crippen molar-refractivity contribution < 1.29 is 9.47 Å². The fourth-order valence-corrected chi connectivity index (χ4v) is 2.18. The molecule has 21 heavy (non-hydrogen) atoms. The minimum absolute atomic E-state index is 0.420. The summed E-state index contributed by atoms with van der Waals surface area (Å²) in [7, 11) is 0. The predicted molar refractivity (Wildman–Crippen MR) is 80.3 cm³/mol. The van der Waals surface area contributed by atoms with E-state index in [0.717, 1.165) is 18.7 Å². The smallest absolute Gasteiger partial charge is 0.234 e. The number of morpholine rings is 1. The van der Waals surface area contributed by atoms with Gasteiger partial charge in [0.25, 0.3) is 0 Å². The number of aromatic nitrogens is 2. The normalized spacial score (nSPS) is 15.0. The molecule has 1 fully saturated rings. The Morgan fingerprint density at radius 3 is 2.71 bits per heavy atom. The first-order chi connectivity index (χ1) is 10.3. The van der Waals surface area contributed by atoms with Crippen molar-refractivity contribution in [3.8, 4) is 5.88 Å². The number of nitrogens with two attached hydrogens (primary N) is 1. The third-order valence-corrected chi connectivity index (χ3v) is 3.30. The van der Waals surface area contributed by atoms with Crippen molar-refractivity contribution >= 4 is 11.6 Å². The van der Waals surface area contributed by atoms with Crippen molar-refractivity contribution in [1.82, 2.24) is 9.97 Å². The average molecular weight is 286 g/mol. The summed E-state index contributed by atoms with van der Waals surface area (Å²) in [6.07, 6.45) is 1.56. The van der Waals surface area contributed by atoms with Crippen LogP contribution in [0.1, 0.15) is 5.56 Å². The molecule has 0 unspecified atom stereocenters. The van der Waals surface area contributed by atoms with Gasteiger partial charge in [-0.2, -0.15) is 4.98 Å². The molecule has 3 rings (SSSR count). The van der Waals surface area contributed by atoms with E-state index in [4.69, 9.17) is 15.2 Å². The lowest BCUT2D eigenvalue weighted by molar-refractivity contribution is 0.122. The molecule has 6 heteroatoms. The minimum atomic E-state index is 0.420. The number of hydrogen-bond donors (Lipinski definition) is 1. The Bertz CT molecular complexity index is 585. The Balaban J connectivity index is 1.71. The van der Waals surface area contributed by atoms with E-state index in [1.54, 1.807) is 6.20 Å². The van der Waals surface area contributed by atoms with Crippen LogP contribution in [0.2, 0.25) is 0 Å². The van der Waals surface area contributed by atoms with Crippen LogP contribution >= 0.6 is 0 Å². The molecule has 1 saturated heterocycles. The highest BCUT2D eigenvalue weighted by Crippen LogP contribution is 2.22. The lowest BCUT2D eigenvalue weighted by Gasteiger charge is -2.28. The molecular formula is C15H18N4O2. The van der Waals surface area contributed by atoms with Crippen molar-refractivity contribution in [1.29, 1.82) is 0 Å². The zero-order valence-electron chi connectivity index (χ0n) is 11.7. The van der Waals surface area contributed by atoms with Crippen molar-refractivity contribution in [2.45, 2.75) is 6.61 Å². The Kier molecular flexibility index (Phi) is 4.16. The summed E-state index contributed by atoms with van der Waals surface area (Å²) in [6, 6.07) is 9.95. The monoisotopic (exact) mass is 286 g/mol. The van der Waals surface area contributed by atoms with Gasteiger partial charge < -0.3 is 20.1 Å². The number of nitrogens with zero attached hydrogens (tertiary/aromatic N) is 3. The van der Waals surface area contributed by atoms with E-state index in [-0.39, 0.29) is 0 Å². The fourth-order valence-electron chi connectivity index (χ4n) is 2.18. The second-order valence-corrected chi connectivity index (χ2v) is 4.79. The lowest BCUT2D eigenvalue weighted by atomic mass is 10.2. The molecular weight excluding hydrogens is 268 g/mol. The lowest BCUT2D eigenvalue weighted by Crippen LogP contribution is -2.37. The molecule has 110 valence electrons. The average Bonchev–Trinajstić information content (AvgIpc) is 2.56. The Labute approximate surface area is 123 Å². The SMILES string of the molecule is Nc1ncc(OCc2ccccc2)nc1N1CCOCC1. The summed E-state index contributed by atoms with van der Waals surface area (Å²) in [6.45, 7) is 3.34. The van der Waals surface area contributed by atoms with Crippen molar-refractivity contribution in [3.63, 3.8) is 0 Å². The van der Waals surface area contributed by atoms with Gasteiger partial charge in [-0.1, -0.05) is 30.3 Å². The summed E-state index contributed by atoms with van der Waals surface area (Å²) in [4.78, 5) is 10.7. The van der Waals surface area contributed by atoms with E-state index in [9.17, 15) is 0 Å². The van der Waals surface area contributed by atoms with Gasteiger partial charge in [0.2, 0.25) is 5.88 Å². The number of anilines is 2. The molecule has 2 aromatic rings. The maximum absolute atomic E-state index is 5.92. The van der Waals surface area contributed by atoms with Gasteiger partial charge >= 0.3 is 0 Å². The zero-order valence-corrected chi connectivity index (χ0v) is 11.7. The van der Waals surface area contributed by atoms with E-state index in [1.165, 1.54) is 0 Å². The summed E-state index contributed by atoms with van der Waals surface area (Å²) < 4.78 is 11.0.